The van der Waals surface area contributed by atoms with Crippen molar-refractivity contribution in [3.63, 3.8) is 0 Å². The normalized spacial score (nSPS) is 15.8. The minimum Gasteiger partial charge on any atom is -0.383 e. The Morgan fingerprint density at radius 2 is 2.19 bits per heavy atom. The number of aromatic amines is 1. The first-order valence-corrected chi connectivity index (χ1v) is 8.71. The summed E-state index contributed by atoms with van der Waals surface area (Å²) in [4.78, 5) is 0. The van der Waals surface area contributed by atoms with E-state index in [2.05, 4.69) is 15.5 Å². The van der Waals surface area contributed by atoms with Crippen molar-refractivity contribution in [2.24, 2.45) is 0 Å². The molecule has 0 saturated heterocycles. The molecule has 0 bridgehead atoms. The fraction of sp³-hybridized carbons (Fsp3) is 0.769. The smallest absolute Gasteiger partial charge is 0.263 e. The van der Waals surface area contributed by atoms with E-state index in [0.717, 1.165) is 30.6 Å². The number of hydrogen-bond acceptors (Lipinski definition) is 5. The van der Waals surface area contributed by atoms with Crippen LogP contribution in [0.15, 0.2) is 5.03 Å². The lowest BCUT2D eigenvalue weighted by molar-refractivity contribution is 0.177. The monoisotopic (exact) mass is 316 g/mol. The number of sulfonamides is 1. The largest absolute Gasteiger partial charge is 0.383 e. The molecule has 0 spiro atoms. The van der Waals surface area contributed by atoms with Gasteiger partial charge in [-0.3, -0.25) is 5.10 Å². The number of H-pyrrole nitrogens is 1. The van der Waals surface area contributed by atoms with Crippen molar-refractivity contribution in [2.75, 3.05) is 26.8 Å². The molecule has 1 aromatic heterocycles. The Bertz CT molecular complexity index is 566. The maximum Gasteiger partial charge on any atom is 0.263 e. The Balaban J connectivity index is 2.28. The molecule has 21 heavy (non-hydrogen) atoms. The zero-order valence-corrected chi connectivity index (χ0v) is 13.7. The molecule has 7 nitrogen and oxygen atoms in total. The summed E-state index contributed by atoms with van der Waals surface area (Å²) in [6.45, 7) is 5.86. The molecule has 1 heterocycles. The Labute approximate surface area is 126 Å². The zero-order chi connectivity index (χ0) is 15.5. The minimum atomic E-state index is -3.58. The molecule has 8 heteroatoms. The average molecular weight is 316 g/mol. The molecule has 1 aliphatic carbocycles. The maximum atomic E-state index is 12.9. The highest BCUT2D eigenvalue weighted by atomic mass is 32.2. The van der Waals surface area contributed by atoms with Crippen LogP contribution in [0.4, 0.5) is 0 Å². The molecule has 0 aliphatic heterocycles. The van der Waals surface area contributed by atoms with Crippen LogP contribution in [0.2, 0.25) is 0 Å². The molecule has 120 valence electrons. The number of methoxy groups -OCH3 is 1. The van der Waals surface area contributed by atoms with E-state index in [1.165, 1.54) is 4.31 Å². The summed E-state index contributed by atoms with van der Waals surface area (Å²) >= 11 is 0. The van der Waals surface area contributed by atoms with Gasteiger partial charge in [0.15, 0.2) is 5.03 Å². The van der Waals surface area contributed by atoms with Gasteiger partial charge in [-0.05, 0) is 26.3 Å². The van der Waals surface area contributed by atoms with Crippen LogP contribution >= 0.6 is 0 Å². The first-order valence-electron chi connectivity index (χ1n) is 7.27. The van der Waals surface area contributed by atoms with Crippen molar-refractivity contribution in [3.05, 3.63) is 11.3 Å². The summed E-state index contributed by atoms with van der Waals surface area (Å²) in [7, 11) is -2.00. The average Bonchev–Trinajstić information content (AvgIpc) is 3.20. The predicted octanol–water partition coefficient (Wildman–Crippen LogP) is 0.627. The zero-order valence-electron chi connectivity index (χ0n) is 12.8. The molecule has 1 aliphatic rings. The van der Waals surface area contributed by atoms with E-state index in [0.29, 0.717) is 19.7 Å². The topological polar surface area (TPSA) is 87.3 Å². The highest BCUT2D eigenvalue weighted by molar-refractivity contribution is 7.89. The predicted molar refractivity (Wildman–Crippen MR) is 79.5 cm³/mol. The molecule has 1 saturated carbocycles. The number of aromatic nitrogens is 2. The van der Waals surface area contributed by atoms with Crippen LogP contribution in [-0.2, 0) is 21.3 Å². The molecular formula is C13H24N4O3S. The van der Waals surface area contributed by atoms with E-state index < -0.39 is 10.0 Å². The molecule has 2 rings (SSSR count). The summed E-state index contributed by atoms with van der Waals surface area (Å²) in [6.07, 6.45) is 1.82. The second-order valence-corrected chi connectivity index (χ2v) is 7.06. The van der Waals surface area contributed by atoms with Gasteiger partial charge >= 0.3 is 0 Å². The summed E-state index contributed by atoms with van der Waals surface area (Å²) in [5.74, 6) is 0. The quantitative estimate of drug-likeness (QED) is 0.697. The lowest BCUT2D eigenvalue weighted by atomic mass is 10.2. The third-order valence-corrected chi connectivity index (χ3v) is 5.54. The molecule has 0 unspecified atom stereocenters. The Kier molecular flexibility index (Phi) is 5.37. The maximum absolute atomic E-state index is 12.9. The Morgan fingerprint density at radius 3 is 2.76 bits per heavy atom. The van der Waals surface area contributed by atoms with Crippen LogP contribution in [0.25, 0.3) is 0 Å². The van der Waals surface area contributed by atoms with Gasteiger partial charge in [0.2, 0.25) is 0 Å². The van der Waals surface area contributed by atoms with E-state index >= 15 is 0 Å². The molecule has 0 aromatic carbocycles. The van der Waals surface area contributed by atoms with Gasteiger partial charge in [-0.2, -0.15) is 9.40 Å². The summed E-state index contributed by atoms with van der Waals surface area (Å²) in [6, 6.07) is 0.0918. The molecule has 0 radical (unpaired) electrons. The highest BCUT2D eigenvalue weighted by Gasteiger charge is 2.40. The lowest BCUT2D eigenvalue weighted by Crippen LogP contribution is -2.36. The standard InChI is InChI=1S/C13H24N4O3S/c1-4-14-9-12-10(2)15-16-13(12)21(18,19)17(7-8-20-3)11-5-6-11/h11,14H,4-9H2,1-3H3,(H,15,16). The molecule has 2 N–H and O–H groups in total. The molecule has 0 amide bonds. The number of aryl methyl sites for hydroxylation is 1. The molecule has 0 atom stereocenters. The second kappa shape index (κ2) is 6.87. The Morgan fingerprint density at radius 1 is 1.48 bits per heavy atom. The van der Waals surface area contributed by atoms with Gasteiger partial charge in [0.1, 0.15) is 0 Å². The van der Waals surface area contributed by atoms with E-state index in [9.17, 15) is 8.42 Å². The van der Waals surface area contributed by atoms with E-state index in [1.807, 2.05) is 13.8 Å². The van der Waals surface area contributed by atoms with Gasteiger partial charge in [0.05, 0.1) is 6.61 Å². The molecule has 1 fully saturated rings. The minimum absolute atomic E-state index is 0.0918. The number of hydrogen-bond donors (Lipinski definition) is 2. The second-order valence-electron chi connectivity index (χ2n) is 5.25. The summed E-state index contributed by atoms with van der Waals surface area (Å²) in [5, 5.41) is 10.1. The van der Waals surface area contributed by atoms with Crippen LogP contribution in [0.1, 0.15) is 31.0 Å². The van der Waals surface area contributed by atoms with Gasteiger partial charge in [0, 0.05) is 37.5 Å². The number of nitrogens with one attached hydrogen (secondary N) is 2. The number of rotatable bonds is 9. The van der Waals surface area contributed by atoms with Crippen LogP contribution < -0.4 is 5.32 Å². The summed E-state index contributed by atoms with van der Waals surface area (Å²) < 4.78 is 32.3. The van der Waals surface area contributed by atoms with Crippen LogP contribution in [-0.4, -0.2) is 55.8 Å². The van der Waals surface area contributed by atoms with E-state index in [4.69, 9.17) is 4.74 Å². The van der Waals surface area contributed by atoms with E-state index in [-0.39, 0.29) is 11.1 Å². The molecular weight excluding hydrogens is 292 g/mol. The van der Waals surface area contributed by atoms with Gasteiger partial charge in [-0.15, -0.1) is 0 Å². The van der Waals surface area contributed by atoms with Gasteiger partial charge in [-0.25, -0.2) is 8.42 Å². The fourth-order valence-corrected chi connectivity index (χ4v) is 4.09. The first kappa shape index (κ1) is 16.4. The van der Waals surface area contributed by atoms with Crippen LogP contribution in [0.3, 0.4) is 0 Å². The van der Waals surface area contributed by atoms with Crippen molar-refractivity contribution in [1.82, 2.24) is 19.8 Å². The van der Waals surface area contributed by atoms with Crippen LogP contribution in [0, 0.1) is 6.92 Å². The van der Waals surface area contributed by atoms with E-state index in [1.54, 1.807) is 7.11 Å². The lowest BCUT2D eigenvalue weighted by Gasteiger charge is -2.21. The number of ether oxygens (including phenoxy) is 1. The van der Waals surface area contributed by atoms with Crippen molar-refractivity contribution in [3.8, 4) is 0 Å². The highest BCUT2D eigenvalue weighted by Crippen LogP contribution is 2.32. The van der Waals surface area contributed by atoms with Gasteiger partial charge < -0.3 is 10.1 Å². The van der Waals surface area contributed by atoms with Crippen molar-refractivity contribution in [1.29, 1.82) is 0 Å². The van der Waals surface area contributed by atoms with Gasteiger partial charge in [-0.1, -0.05) is 6.92 Å². The third kappa shape index (κ3) is 3.63. The van der Waals surface area contributed by atoms with Crippen molar-refractivity contribution < 1.29 is 13.2 Å². The first-order chi connectivity index (χ1) is 10.0. The third-order valence-electron chi connectivity index (χ3n) is 3.61. The van der Waals surface area contributed by atoms with Crippen molar-refractivity contribution in [2.45, 2.75) is 44.3 Å². The summed E-state index contributed by atoms with van der Waals surface area (Å²) in [5.41, 5.74) is 1.51. The Hall–Kier alpha value is -0.960. The van der Waals surface area contributed by atoms with Crippen LogP contribution in [0.5, 0.6) is 0 Å². The SMILES string of the molecule is CCNCc1c(S(=O)(=O)N(CCOC)C2CC2)n[nH]c1C. The molecule has 1 aromatic rings. The van der Waals surface area contributed by atoms with Gasteiger partial charge in [0.25, 0.3) is 10.0 Å². The van der Waals surface area contributed by atoms with Crippen molar-refractivity contribution >= 4 is 10.0 Å². The fourth-order valence-electron chi connectivity index (χ4n) is 2.26. The number of nitrogens with zero attached hydrogens (tertiary/aromatic N) is 2.